The molecule has 0 heteroatoms. The van der Waals surface area contributed by atoms with Gasteiger partial charge in [-0.1, -0.05) is 34.6 Å². The molecule has 2 bridgehead atoms. The van der Waals surface area contributed by atoms with Gasteiger partial charge in [-0.05, 0) is 42.4 Å². The van der Waals surface area contributed by atoms with E-state index in [9.17, 15) is 0 Å². The molecule has 1 unspecified atom stereocenters. The van der Waals surface area contributed by atoms with Crippen LogP contribution in [-0.2, 0) is 0 Å². The van der Waals surface area contributed by atoms with Gasteiger partial charge in [0.1, 0.15) is 0 Å². The third kappa shape index (κ3) is 1.41. The lowest BCUT2D eigenvalue weighted by atomic mass is 9.47. The number of hydrogen-bond donors (Lipinski definition) is 0. The average Bonchev–Trinajstić information content (AvgIpc) is 2.08. The minimum absolute atomic E-state index is 0.715. The summed E-state index contributed by atoms with van der Waals surface area (Å²) in [5.74, 6) is 3.17. The molecule has 0 radical (unpaired) electrons. The van der Waals surface area contributed by atoms with Gasteiger partial charge >= 0.3 is 0 Å². The molecule has 3 aliphatic rings. The first kappa shape index (κ1) is 10.1. The number of hydrogen-bond acceptors (Lipinski definition) is 0. The average molecular weight is 168 g/mol. The van der Waals surface area contributed by atoms with Crippen LogP contribution in [-0.4, -0.2) is 0 Å². The highest BCUT2D eigenvalue weighted by molar-refractivity contribution is 5.01. The Bertz CT molecular complexity index is 132. The molecule has 3 rings (SSSR count). The molecule has 3 fully saturated rings. The fraction of sp³-hybridized carbons (Fsp3) is 1.00. The van der Waals surface area contributed by atoms with Crippen LogP contribution in [0.1, 0.15) is 53.9 Å². The molecular weight excluding hydrogens is 144 g/mol. The number of rotatable bonds is 0. The van der Waals surface area contributed by atoms with E-state index in [0.29, 0.717) is 5.41 Å². The van der Waals surface area contributed by atoms with Gasteiger partial charge in [0.25, 0.3) is 0 Å². The van der Waals surface area contributed by atoms with Crippen molar-refractivity contribution in [2.24, 2.45) is 23.2 Å². The van der Waals surface area contributed by atoms with Gasteiger partial charge in [-0.25, -0.2) is 0 Å². The quantitative estimate of drug-likeness (QED) is 0.511. The Morgan fingerprint density at radius 2 is 1.33 bits per heavy atom. The Labute approximate surface area is 77.7 Å². The predicted octanol–water partition coefficient (Wildman–Crippen LogP) is 4.10. The molecule has 0 aromatic heterocycles. The maximum atomic E-state index is 2.46. The van der Waals surface area contributed by atoms with Crippen LogP contribution in [0.3, 0.4) is 0 Å². The zero-order valence-corrected chi connectivity index (χ0v) is 9.35. The monoisotopic (exact) mass is 168 g/mol. The molecule has 3 saturated carbocycles. The standard InChI is InChI=1S/C10H18.C2H6/c1-7-4-8-6-9(5-7)10(8,2)3;1-2/h7-9H,4-6H2,1-3H3;1-2H3/t7?,8-,9+;. The Morgan fingerprint density at radius 3 is 1.58 bits per heavy atom. The topological polar surface area (TPSA) is 0 Å². The Balaban J connectivity index is 0.000000336. The van der Waals surface area contributed by atoms with Crippen LogP contribution in [0.4, 0.5) is 0 Å². The van der Waals surface area contributed by atoms with Gasteiger partial charge in [0.2, 0.25) is 0 Å². The second-order valence-corrected chi connectivity index (χ2v) is 5.03. The summed E-state index contributed by atoms with van der Waals surface area (Å²) in [6.07, 6.45) is 4.55. The van der Waals surface area contributed by atoms with E-state index in [1.807, 2.05) is 13.8 Å². The van der Waals surface area contributed by atoms with E-state index in [2.05, 4.69) is 20.8 Å². The molecule has 0 N–H and O–H groups in total. The molecule has 0 heterocycles. The first-order valence-corrected chi connectivity index (χ1v) is 5.60. The molecule has 3 aliphatic carbocycles. The van der Waals surface area contributed by atoms with Gasteiger partial charge in [0.15, 0.2) is 0 Å². The minimum atomic E-state index is 0.715. The van der Waals surface area contributed by atoms with Crippen molar-refractivity contribution in [1.29, 1.82) is 0 Å². The highest BCUT2D eigenvalue weighted by Crippen LogP contribution is 2.60. The van der Waals surface area contributed by atoms with E-state index in [1.165, 1.54) is 19.3 Å². The lowest BCUT2D eigenvalue weighted by Gasteiger charge is -2.58. The molecule has 72 valence electrons. The predicted molar refractivity (Wildman–Crippen MR) is 55.1 cm³/mol. The molecule has 0 aromatic carbocycles. The van der Waals surface area contributed by atoms with Crippen LogP contribution >= 0.6 is 0 Å². The van der Waals surface area contributed by atoms with Crippen LogP contribution in [0.25, 0.3) is 0 Å². The van der Waals surface area contributed by atoms with Gasteiger partial charge in [0, 0.05) is 0 Å². The maximum absolute atomic E-state index is 2.46. The van der Waals surface area contributed by atoms with Crippen LogP contribution < -0.4 is 0 Å². The SMILES string of the molecule is CC.CC1C[C@@H]2C[C@H](C1)C2(C)C. The zero-order valence-electron chi connectivity index (χ0n) is 9.35. The molecule has 0 spiro atoms. The van der Waals surface area contributed by atoms with Crippen molar-refractivity contribution in [2.75, 3.05) is 0 Å². The van der Waals surface area contributed by atoms with Crippen molar-refractivity contribution in [1.82, 2.24) is 0 Å². The van der Waals surface area contributed by atoms with Crippen molar-refractivity contribution >= 4 is 0 Å². The van der Waals surface area contributed by atoms with Crippen molar-refractivity contribution < 1.29 is 0 Å². The summed E-state index contributed by atoms with van der Waals surface area (Å²) >= 11 is 0. The summed E-state index contributed by atoms with van der Waals surface area (Å²) in [5.41, 5.74) is 0.715. The Morgan fingerprint density at radius 1 is 0.917 bits per heavy atom. The molecule has 0 saturated heterocycles. The van der Waals surface area contributed by atoms with E-state index < -0.39 is 0 Å². The van der Waals surface area contributed by atoms with Crippen molar-refractivity contribution in [3.05, 3.63) is 0 Å². The molecule has 3 atom stereocenters. The summed E-state index contributed by atoms with van der Waals surface area (Å²) in [5, 5.41) is 0. The minimum Gasteiger partial charge on any atom is -0.0683 e. The first-order chi connectivity index (χ1) is 5.60. The van der Waals surface area contributed by atoms with Crippen molar-refractivity contribution in [3.63, 3.8) is 0 Å². The van der Waals surface area contributed by atoms with Crippen molar-refractivity contribution in [3.8, 4) is 0 Å². The fourth-order valence-corrected chi connectivity index (χ4v) is 2.99. The van der Waals surface area contributed by atoms with Gasteiger partial charge in [0.05, 0.1) is 0 Å². The Kier molecular flexibility index (Phi) is 2.85. The summed E-state index contributed by atoms with van der Waals surface area (Å²) in [7, 11) is 0. The van der Waals surface area contributed by atoms with E-state index in [0.717, 1.165) is 17.8 Å². The zero-order chi connectivity index (χ0) is 9.35. The molecule has 0 aromatic rings. The molecule has 0 nitrogen and oxygen atoms in total. The second kappa shape index (κ2) is 3.40. The Hall–Kier alpha value is 0. The van der Waals surface area contributed by atoms with Crippen LogP contribution in [0.2, 0.25) is 0 Å². The third-order valence-electron chi connectivity index (χ3n) is 4.05. The molecular formula is C12H24. The first-order valence-electron chi connectivity index (χ1n) is 5.60. The summed E-state index contributed by atoms with van der Waals surface area (Å²) < 4.78 is 0. The second-order valence-electron chi connectivity index (χ2n) is 5.03. The smallest absolute Gasteiger partial charge is 0.0297 e. The largest absolute Gasteiger partial charge is 0.0683 e. The summed E-state index contributed by atoms with van der Waals surface area (Å²) in [6.45, 7) is 11.3. The van der Waals surface area contributed by atoms with Crippen LogP contribution in [0, 0.1) is 23.2 Å². The van der Waals surface area contributed by atoms with Crippen LogP contribution in [0.15, 0.2) is 0 Å². The lowest BCUT2D eigenvalue weighted by Crippen LogP contribution is -2.50. The van der Waals surface area contributed by atoms with Gasteiger partial charge in [-0.15, -0.1) is 0 Å². The van der Waals surface area contributed by atoms with E-state index in [4.69, 9.17) is 0 Å². The fourth-order valence-electron chi connectivity index (χ4n) is 2.99. The van der Waals surface area contributed by atoms with E-state index in [1.54, 1.807) is 0 Å². The van der Waals surface area contributed by atoms with Gasteiger partial charge in [-0.2, -0.15) is 0 Å². The van der Waals surface area contributed by atoms with E-state index >= 15 is 0 Å². The summed E-state index contributed by atoms with van der Waals surface area (Å²) in [4.78, 5) is 0. The maximum Gasteiger partial charge on any atom is -0.0297 e. The highest BCUT2D eigenvalue weighted by atomic mass is 14.6. The molecule has 0 amide bonds. The molecule has 0 aliphatic heterocycles. The third-order valence-corrected chi connectivity index (χ3v) is 4.05. The highest BCUT2D eigenvalue weighted by Gasteiger charge is 2.51. The number of fused-ring (bicyclic) bond motifs is 2. The normalized spacial score (nSPS) is 42.2. The van der Waals surface area contributed by atoms with Crippen LogP contribution in [0.5, 0.6) is 0 Å². The summed E-state index contributed by atoms with van der Waals surface area (Å²) in [6, 6.07) is 0. The van der Waals surface area contributed by atoms with Crippen molar-refractivity contribution in [2.45, 2.75) is 53.9 Å². The molecule has 12 heavy (non-hydrogen) atoms. The van der Waals surface area contributed by atoms with E-state index in [-0.39, 0.29) is 0 Å². The lowest BCUT2D eigenvalue weighted by molar-refractivity contribution is -0.0860. The van der Waals surface area contributed by atoms with Gasteiger partial charge in [-0.3, -0.25) is 0 Å². The van der Waals surface area contributed by atoms with Gasteiger partial charge < -0.3 is 0 Å².